The van der Waals surface area contributed by atoms with Crippen molar-refractivity contribution in [1.82, 2.24) is 19.1 Å². The molecule has 5 nitrogen and oxygen atoms in total. The Labute approximate surface area is 112 Å². The second-order valence-corrected chi connectivity index (χ2v) is 5.06. The Morgan fingerprint density at radius 1 is 1.26 bits per heavy atom. The topological polar surface area (TPSA) is 61.7 Å². The Morgan fingerprint density at radius 3 is 2.95 bits per heavy atom. The van der Waals surface area contributed by atoms with Crippen LogP contribution in [0.4, 0.5) is 0 Å². The maximum Gasteiger partial charge on any atom is 0.0950 e. The van der Waals surface area contributed by atoms with Crippen LogP contribution in [0.2, 0.25) is 0 Å². The zero-order valence-electron chi connectivity index (χ0n) is 10.9. The highest BCUT2D eigenvalue weighted by molar-refractivity contribution is 5.65. The molecule has 1 atom stereocenters. The van der Waals surface area contributed by atoms with Crippen molar-refractivity contribution in [2.75, 3.05) is 0 Å². The second-order valence-electron chi connectivity index (χ2n) is 5.06. The number of nitrogens with zero attached hydrogens (tertiary/aromatic N) is 4. The van der Waals surface area contributed by atoms with E-state index in [4.69, 9.17) is 5.73 Å². The highest BCUT2D eigenvalue weighted by Crippen LogP contribution is 2.26. The minimum absolute atomic E-state index is 0.282. The summed E-state index contributed by atoms with van der Waals surface area (Å²) in [4.78, 5) is 8.32. The van der Waals surface area contributed by atoms with Gasteiger partial charge in [0.1, 0.15) is 0 Å². The molecule has 0 saturated carbocycles. The van der Waals surface area contributed by atoms with Crippen molar-refractivity contribution >= 4 is 5.57 Å². The van der Waals surface area contributed by atoms with E-state index in [1.165, 1.54) is 11.3 Å². The van der Waals surface area contributed by atoms with Gasteiger partial charge in [0.15, 0.2) is 0 Å². The number of rotatable bonds is 5. The van der Waals surface area contributed by atoms with Crippen LogP contribution in [0.1, 0.15) is 25.0 Å². The predicted molar refractivity (Wildman–Crippen MR) is 74.3 cm³/mol. The van der Waals surface area contributed by atoms with E-state index in [9.17, 15) is 0 Å². The van der Waals surface area contributed by atoms with Gasteiger partial charge in [-0.25, -0.2) is 9.97 Å². The number of aromatic nitrogens is 4. The van der Waals surface area contributed by atoms with E-state index in [0.29, 0.717) is 0 Å². The van der Waals surface area contributed by atoms with E-state index < -0.39 is 0 Å². The van der Waals surface area contributed by atoms with Crippen molar-refractivity contribution in [3.8, 4) is 0 Å². The lowest BCUT2D eigenvalue weighted by molar-refractivity contribution is 0.559. The molecule has 0 amide bonds. The van der Waals surface area contributed by atoms with Gasteiger partial charge in [0, 0.05) is 31.5 Å². The van der Waals surface area contributed by atoms with Gasteiger partial charge in [-0.05, 0) is 24.8 Å². The Kier molecular flexibility index (Phi) is 3.46. The van der Waals surface area contributed by atoms with E-state index in [2.05, 4.69) is 25.2 Å². The summed E-state index contributed by atoms with van der Waals surface area (Å²) >= 11 is 0. The normalized spacial score (nSPS) is 18.8. The third-order valence-electron chi connectivity index (χ3n) is 3.56. The summed E-state index contributed by atoms with van der Waals surface area (Å²) in [5.74, 6) is 0. The van der Waals surface area contributed by atoms with Crippen LogP contribution in [-0.4, -0.2) is 25.1 Å². The van der Waals surface area contributed by atoms with Gasteiger partial charge in [0.2, 0.25) is 0 Å². The molecule has 1 unspecified atom stereocenters. The molecule has 2 N–H and O–H groups in total. The van der Waals surface area contributed by atoms with Crippen LogP contribution in [0, 0.1) is 0 Å². The maximum atomic E-state index is 5.95. The van der Waals surface area contributed by atoms with Gasteiger partial charge in [-0.1, -0.05) is 6.08 Å². The number of imidazole rings is 2. The maximum absolute atomic E-state index is 5.95. The van der Waals surface area contributed by atoms with Crippen LogP contribution < -0.4 is 5.73 Å². The minimum atomic E-state index is 0.282. The molecule has 2 heterocycles. The molecule has 3 rings (SSSR count). The molecule has 0 aliphatic heterocycles. The highest BCUT2D eigenvalue weighted by Gasteiger charge is 2.16. The highest BCUT2D eigenvalue weighted by atomic mass is 15.1. The van der Waals surface area contributed by atoms with Crippen molar-refractivity contribution < 1.29 is 0 Å². The molecule has 0 spiro atoms. The summed E-state index contributed by atoms with van der Waals surface area (Å²) in [7, 11) is 0. The molecular weight excluding hydrogens is 238 g/mol. The Bertz CT molecular complexity index is 552. The van der Waals surface area contributed by atoms with Crippen molar-refractivity contribution in [2.24, 2.45) is 5.73 Å². The first-order valence-corrected chi connectivity index (χ1v) is 6.74. The van der Waals surface area contributed by atoms with Gasteiger partial charge in [0.25, 0.3) is 0 Å². The Morgan fingerprint density at radius 2 is 2.21 bits per heavy atom. The molecule has 2 aromatic rings. The number of hydrogen-bond donors (Lipinski definition) is 1. The monoisotopic (exact) mass is 257 g/mol. The van der Waals surface area contributed by atoms with Gasteiger partial charge in [-0.2, -0.15) is 0 Å². The first kappa shape index (κ1) is 12.2. The van der Waals surface area contributed by atoms with Crippen LogP contribution in [0.5, 0.6) is 0 Å². The zero-order valence-corrected chi connectivity index (χ0v) is 10.9. The van der Waals surface area contributed by atoms with Crippen LogP contribution in [-0.2, 0) is 13.1 Å². The Hall–Kier alpha value is -1.88. The molecule has 0 bridgehead atoms. The summed E-state index contributed by atoms with van der Waals surface area (Å²) in [5, 5.41) is 0. The van der Waals surface area contributed by atoms with E-state index in [0.717, 1.165) is 32.4 Å². The molecule has 19 heavy (non-hydrogen) atoms. The van der Waals surface area contributed by atoms with Crippen molar-refractivity contribution in [3.63, 3.8) is 0 Å². The molecule has 2 aromatic heterocycles. The van der Waals surface area contributed by atoms with Gasteiger partial charge in [-0.3, -0.25) is 0 Å². The van der Waals surface area contributed by atoms with Crippen molar-refractivity contribution in [1.29, 1.82) is 0 Å². The van der Waals surface area contributed by atoms with Gasteiger partial charge in [0.05, 0.1) is 24.5 Å². The molecule has 1 aliphatic carbocycles. The summed E-state index contributed by atoms with van der Waals surface area (Å²) in [6, 6.07) is 0.282. The molecule has 0 saturated heterocycles. The van der Waals surface area contributed by atoms with Crippen molar-refractivity contribution in [3.05, 3.63) is 43.0 Å². The second kappa shape index (κ2) is 5.40. The fourth-order valence-electron chi connectivity index (χ4n) is 2.56. The molecule has 5 heteroatoms. The van der Waals surface area contributed by atoms with Crippen molar-refractivity contribution in [2.45, 2.75) is 38.4 Å². The summed E-state index contributed by atoms with van der Waals surface area (Å²) in [5.41, 5.74) is 8.51. The van der Waals surface area contributed by atoms with Crippen LogP contribution in [0.25, 0.3) is 5.57 Å². The fraction of sp³-hybridized carbons (Fsp3) is 0.429. The van der Waals surface area contributed by atoms with Gasteiger partial charge < -0.3 is 14.9 Å². The van der Waals surface area contributed by atoms with Crippen LogP contribution in [0.3, 0.4) is 0 Å². The quantitative estimate of drug-likeness (QED) is 0.886. The van der Waals surface area contributed by atoms with Gasteiger partial charge >= 0.3 is 0 Å². The molecule has 0 radical (unpaired) electrons. The average molecular weight is 257 g/mol. The smallest absolute Gasteiger partial charge is 0.0950 e. The lowest BCUT2D eigenvalue weighted by Gasteiger charge is -2.10. The first-order valence-electron chi connectivity index (χ1n) is 6.74. The lowest BCUT2D eigenvalue weighted by Crippen LogP contribution is -2.15. The summed E-state index contributed by atoms with van der Waals surface area (Å²) < 4.78 is 4.32. The van der Waals surface area contributed by atoms with E-state index in [-0.39, 0.29) is 6.04 Å². The lowest BCUT2D eigenvalue weighted by atomic mass is 10.1. The van der Waals surface area contributed by atoms with Gasteiger partial charge in [-0.15, -0.1) is 0 Å². The predicted octanol–water partition coefficient (Wildman–Crippen LogP) is 1.67. The molecular formula is C14H19N5. The van der Waals surface area contributed by atoms with E-state index in [1.54, 1.807) is 0 Å². The SMILES string of the molecule is NC1CC=C(c2cncn2CCCn2ccnc2)C1. The summed E-state index contributed by atoms with van der Waals surface area (Å²) in [6.07, 6.45) is 14.8. The number of nitrogens with two attached hydrogens (primary N) is 1. The standard InChI is InChI=1S/C14H19N5/c15-13-3-2-12(8-13)14-9-17-11-19(14)6-1-5-18-7-4-16-10-18/h2,4,7,9-11,13H,1,3,5-6,8,15H2. The average Bonchev–Trinajstić information content (AvgIpc) is 3.10. The van der Waals surface area contributed by atoms with E-state index >= 15 is 0 Å². The molecule has 1 aliphatic rings. The Balaban J connectivity index is 1.61. The third-order valence-corrected chi connectivity index (χ3v) is 3.56. The zero-order chi connectivity index (χ0) is 13.1. The molecule has 0 aromatic carbocycles. The first-order chi connectivity index (χ1) is 9.33. The number of aryl methyl sites for hydroxylation is 2. The summed E-state index contributed by atoms with van der Waals surface area (Å²) in [6.45, 7) is 1.95. The third kappa shape index (κ3) is 2.76. The molecule has 100 valence electrons. The molecule has 0 fully saturated rings. The fourth-order valence-corrected chi connectivity index (χ4v) is 2.56. The van der Waals surface area contributed by atoms with Crippen LogP contribution >= 0.6 is 0 Å². The minimum Gasteiger partial charge on any atom is -0.337 e. The number of hydrogen-bond acceptors (Lipinski definition) is 3. The van der Waals surface area contributed by atoms with Crippen LogP contribution in [0.15, 0.2) is 37.3 Å². The largest absolute Gasteiger partial charge is 0.337 e. The van der Waals surface area contributed by atoms with E-state index in [1.807, 2.05) is 31.2 Å².